The van der Waals surface area contributed by atoms with Gasteiger partial charge in [-0.05, 0) is 28.8 Å². The van der Waals surface area contributed by atoms with Gasteiger partial charge in [-0.3, -0.25) is 4.79 Å². The van der Waals surface area contributed by atoms with Crippen molar-refractivity contribution in [3.63, 3.8) is 0 Å². The van der Waals surface area contributed by atoms with Crippen LogP contribution in [-0.2, 0) is 9.53 Å². The highest BCUT2D eigenvalue weighted by Gasteiger charge is 2.41. The summed E-state index contributed by atoms with van der Waals surface area (Å²) >= 11 is 0. The zero-order chi connectivity index (χ0) is 21.6. The highest BCUT2D eigenvalue weighted by Crippen LogP contribution is 2.24. The van der Waals surface area contributed by atoms with Gasteiger partial charge in [0.25, 0.3) is 0 Å². The lowest BCUT2D eigenvalue weighted by atomic mass is 9.88. The lowest BCUT2D eigenvalue weighted by molar-refractivity contribution is -0.131. The third-order valence-electron chi connectivity index (χ3n) is 5.24. The second-order valence-corrected chi connectivity index (χ2v) is 7.15. The van der Waals surface area contributed by atoms with Gasteiger partial charge >= 0.3 is 6.09 Å². The number of halogens is 1. The van der Waals surface area contributed by atoms with Crippen molar-refractivity contribution in [1.29, 1.82) is 5.26 Å². The summed E-state index contributed by atoms with van der Waals surface area (Å²) in [5.74, 6) is -1.37. The lowest BCUT2D eigenvalue weighted by Crippen LogP contribution is -2.61. The van der Waals surface area contributed by atoms with E-state index in [0.717, 1.165) is 16.7 Å². The van der Waals surface area contributed by atoms with Gasteiger partial charge in [-0.2, -0.15) is 5.26 Å². The molecule has 1 heterocycles. The van der Waals surface area contributed by atoms with Crippen LogP contribution in [-0.4, -0.2) is 42.4 Å². The minimum atomic E-state index is -1.28. The Morgan fingerprint density at radius 2 is 1.67 bits per heavy atom. The Morgan fingerprint density at radius 3 is 2.20 bits per heavy atom. The van der Waals surface area contributed by atoms with Crippen LogP contribution in [0.2, 0.25) is 0 Å². The standard InChI is InChI=1S/C22H22FN3O4/c23-19-7-5-16(6-8-19)15-1-3-17(4-2-15)18(13-24)14-25-20(27)22(26-21(28)29)9-11-30-12-10-22/h1-8,18,26H,9-12,14H2,(H,25,27)(H,28,29). The van der Waals surface area contributed by atoms with E-state index in [2.05, 4.69) is 16.7 Å². The Bertz CT molecular complexity index is 932. The largest absolute Gasteiger partial charge is 0.465 e. The molecule has 1 fully saturated rings. The molecule has 1 saturated heterocycles. The van der Waals surface area contributed by atoms with Gasteiger partial charge < -0.3 is 20.5 Å². The van der Waals surface area contributed by atoms with Gasteiger partial charge in [-0.25, -0.2) is 9.18 Å². The number of rotatable bonds is 6. The topological polar surface area (TPSA) is 111 Å². The third-order valence-corrected chi connectivity index (χ3v) is 5.24. The fourth-order valence-electron chi connectivity index (χ4n) is 3.49. The molecule has 1 aliphatic heterocycles. The lowest BCUT2D eigenvalue weighted by Gasteiger charge is -2.35. The van der Waals surface area contributed by atoms with Gasteiger partial charge in [0, 0.05) is 32.6 Å². The number of hydrogen-bond donors (Lipinski definition) is 3. The van der Waals surface area contributed by atoms with E-state index in [9.17, 15) is 19.2 Å². The molecule has 30 heavy (non-hydrogen) atoms. The summed E-state index contributed by atoms with van der Waals surface area (Å²) in [5.41, 5.74) is 1.20. The van der Waals surface area contributed by atoms with Gasteiger partial charge in [0.2, 0.25) is 5.91 Å². The molecule has 0 aromatic heterocycles. The minimum absolute atomic E-state index is 0.0507. The van der Waals surface area contributed by atoms with Crippen LogP contribution in [0.4, 0.5) is 9.18 Å². The van der Waals surface area contributed by atoms with E-state index in [1.807, 2.05) is 12.1 Å². The second kappa shape index (κ2) is 9.37. The van der Waals surface area contributed by atoms with Crippen molar-refractivity contribution < 1.29 is 23.8 Å². The van der Waals surface area contributed by atoms with Crippen LogP contribution in [0.15, 0.2) is 48.5 Å². The maximum absolute atomic E-state index is 13.1. The maximum Gasteiger partial charge on any atom is 0.405 e. The molecular formula is C22H22FN3O4. The van der Waals surface area contributed by atoms with Crippen molar-refractivity contribution in [2.45, 2.75) is 24.3 Å². The number of ether oxygens (including phenoxy) is 1. The molecule has 1 unspecified atom stereocenters. The molecule has 2 aromatic carbocycles. The molecule has 0 aliphatic carbocycles. The Labute approximate surface area is 173 Å². The van der Waals surface area contributed by atoms with Gasteiger partial charge in [0.1, 0.15) is 11.4 Å². The van der Waals surface area contributed by atoms with Crippen LogP contribution >= 0.6 is 0 Å². The van der Waals surface area contributed by atoms with Crippen molar-refractivity contribution in [2.75, 3.05) is 19.8 Å². The summed E-state index contributed by atoms with van der Waals surface area (Å²) < 4.78 is 18.3. The highest BCUT2D eigenvalue weighted by molar-refractivity contribution is 5.89. The van der Waals surface area contributed by atoms with E-state index in [4.69, 9.17) is 9.84 Å². The van der Waals surface area contributed by atoms with Crippen LogP contribution in [0.5, 0.6) is 0 Å². The summed E-state index contributed by atoms with van der Waals surface area (Å²) in [4.78, 5) is 23.9. The predicted octanol–water partition coefficient (Wildman–Crippen LogP) is 3.03. The van der Waals surface area contributed by atoms with E-state index >= 15 is 0 Å². The number of amides is 2. The van der Waals surface area contributed by atoms with E-state index in [0.29, 0.717) is 0 Å². The molecule has 2 amide bonds. The van der Waals surface area contributed by atoms with E-state index in [1.165, 1.54) is 12.1 Å². The first kappa shape index (κ1) is 21.3. The van der Waals surface area contributed by atoms with Gasteiger partial charge in [0.05, 0.1) is 12.0 Å². The average Bonchev–Trinajstić information content (AvgIpc) is 2.75. The zero-order valence-corrected chi connectivity index (χ0v) is 16.2. The van der Waals surface area contributed by atoms with Crippen LogP contribution < -0.4 is 10.6 Å². The Kier molecular flexibility index (Phi) is 6.65. The van der Waals surface area contributed by atoms with Crippen LogP contribution in [0, 0.1) is 17.1 Å². The summed E-state index contributed by atoms with van der Waals surface area (Å²) in [5, 5.41) is 23.7. The number of hydrogen-bond acceptors (Lipinski definition) is 4. The first-order chi connectivity index (χ1) is 14.4. The summed E-state index contributed by atoms with van der Waals surface area (Å²) in [6.07, 6.45) is -0.816. The summed E-state index contributed by atoms with van der Waals surface area (Å²) in [7, 11) is 0. The minimum Gasteiger partial charge on any atom is -0.465 e. The molecule has 0 spiro atoms. The first-order valence-corrected chi connectivity index (χ1v) is 9.56. The van der Waals surface area contributed by atoms with Crippen LogP contribution in [0.1, 0.15) is 24.3 Å². The molecule has 2 aromatic rings. The maximum atomic E-state index is 13.1. The van der Waals surface area contributed by atoms with Crippen molar-refractivity contribution in [1.82, 2.24) is 10.6 Å². The number of benzene rings is 2. The monoisotopic (exact) mass is 411 g/mol. The van der Waals surface area contributed by atoms with Gasteiger partial charge in [0.15, 0.2) is 0 Å². The second-order valence-electron chi connectivity index (χ2n) is 7.15. The number of nitrogens with one attached hydrogen (secondary N) is 2. The Morgan fingerprint density at radius 1 is 1.10 bits per heavy atom. The number of carboxylic acid groups (broad SMARTS) is 1. The van der Waals surface area contributed by atoms with Crippen molar-refractivity contribution >= 4 is 12.0 Å². The number of nitrogens with zero attached hydrogens (tertiary/aromatic N) is 1. The fraction of sp³-hybridized carbons (Fsp3) is 0.318. The summed E-state index contributed by atoms with van der Waals surface area (Å²) in [6, 6.07) is 15.5. The molecule has 0 radical (unpaired) electrons. The molecule has 7 nitrogen and oxygen atoms in total. The van der Waals surface area contributed by atoms with E-state index in [-0.39, 0.29) is 38.4 Å². The quantitative estimate of drug-likeness (QED) is 0.677. The predicted molar refractivity (Wildman–Crippen MR) is 107 cm³/mol. The van der Waals surface area contributed by atoms with Crippen LogP contribution in [0.25, 0.3) is 11.1 Å². The zero-order valence-electron chi connectivity index (χ0n) is 16.2. The SMILES string of the molecule is N#CC(CNC(=O)C1(NC(=O)O)CCOCC1)c1ccc(-c2ccc(F)cc2)cc1. The normalized spacial score (nSPS) is 16.1. The van der Waals surface area contributed by atoms with E-state index < -0.39 is 23.5 Å². The molecule has 0 bridgehead atoms. The molecule has 3 N–H and O–H groups in total. The van der Waals surface area contributed by atoms with Gasteiger partial charge in [-0.1, -0.05) is 36.4 Å². The summed E-state index contributed by atoms with van der Waals surface area (Å²) in [6.45, 7) is 0.607. The van der Waals surface area contributed by atoms with Crippen molar-refractivity contribution in [3.8, 4) is 17.2 Å². The molecule has 156 valence electrons. The molecule has 0 saturated carbocycles. The van der Waals surface area contributed by atoms with Crippen molar-refractivity contribution in [3.05, 3.63) is 59.9 Å². The number of nitriles is 1. The molecule has 8 heteroatoms. The van der Waals surface area contributed by atoms with Crippen molar-refractivity contribution in [2.24, 2.45) is 0 Å². The van der Waals surface area contributed by atoms with Crippen LogP contribution in [0.3, 0.4) is 0 Å². The number of carbonyl (C=O) groups excluding carboxylic acids is 1. The highest BCUT2D eigenvalue weighted by atomic mass is 19.1. The smallest absolute Gasteiger partial charge is 0.405 e. The molecule has 1 atom stereocenters. The molecular weight excluding hydrogens is 389 g/mol. The fourth-order valence-corrected chi connectivity index (χ4v) is 3.49. The van der Waals surface area contributed by atoms with Gasteiger partial charge in [-0.15, -0.1) is 0 Å². The molecule has 1 aliphatic rings. The average molecular weight is 411 g/mol. The Hall–Kier alpha value is -3.44. The Balaban J connectivity index is 1.67. The first-order valence-electron chi connectivity index (χ1n) is 9.56. The van der Waals surface area contributed by atoms with E-state index in [1.54, 1.807) is 24.3 Å². The number of carbonyl (C=O) groups is 2. The third kappa shape index (κ3) is 4.93. The molecule has 3 rings (SSSR count).